The van der Waals surface area contributed by atoms with E-state index in [-0.39, 0.29) is 5.91 Å². The fraction of sp³-hybridized carbons (Fsp3) is 0.261. The van der Waals surface area contributed by atoms with Gasteiger partial charge in [0.2, 0.25) is 11.9 Å². The van der Waals surface area contributed by atoms with Gasteiger partial charge in [0.05, 0.1) is 18.8 Å². The summed E-state index contributed by atoms with van der Waals surface area (Å²) in [6.45, 7) is 1.19. The van der Waals surface area contributed by atoms with Gasteiger partial charge < -0.3 is 20.3 Å². The normalized spacial score (nSPS) is 15.9. The highest BCUT2D eigenvalue weighted by molar-refractivity contribution is 5.93. The van der Waals surface area contributed by atoms with Crippen LogP contribution in [0.3, 0.4) is 0 Å². The third-order valence-corrected chi connectivity index (χ3v) is 5.23. The molecule has 32 heavy (non-hydrogen) atoms. The van der Waals surface area contributed by atoms with Gasteiger partial charge in [0, 0.05) is 44.2 Å². The van der Waals surface area contributed by atoms with Gasteiger partial charge in [0.15, 0.2) is 0 Å². The summed E-state index contributed by atoms with van der Waals surface area (Å²) in [6.07, 6.45) is 2.90. The second-order valence-corrected chi connectivity index (χ2v) is 7.63. The van der Waals surface area contributed by atoms with Crippen LogP contribution in [0.1, 0.15) is 32.6 Å². The number of amides is 2. The van der Waals surface area contributed by atoms with E-state index in [1.54, 1.807) is 59.8 Å². The van der Waals surface area contributed by atoms with Crippen LogP contribution >= 0.6 is 0 Å². The number of rotatable bonds is 5. The first kappa shape index (κ1) is 21.4. The van der Waals surface area contributed by atoms with Crippen molar-refractivity contribution < 1.29 is 14.3 Å². The first-order chi connectivity index (χ1) is 15.4. The lowest BCUT2D eigenvalue weighted by atomic mass is 10.00. The number of hydrogen-bond donors (Lipinski definition) is 1. The van der Waals surface area contributed by atoms with Gasteiger partial charge in [0.1, 0.15) is 11.8 Å². The number of nitrogens with two attached hydrogens (primary N) is 1. The fourth-order valence-electron chi connectivity index (χ4n) is 3.53. The molecule has 2 N–H and O–H groups in total. The Labute approximate surface area is 185 Å². The third-order valence-electron chi connectivity index (χ3n) is 5.23. The summed E-state index contributed by atoms with van der Waals surface area (Å²) in [4.78, 5) is 41.3. The van der Waals surface area contributed by atoms with Gasteiger partial charge in [-0.3, -0.25) is 14.6 Å². The van der Waals surface area contributed by atoms with Gasteiger partial charge in [0.25, 0.3) is 5.91 Å². The predicted octanol–water partition coefficient (Wildman–Crippen LogP) is 1.92. The smallest absolute Gasteiger partial charge is 0.272 e. The van der Waals surface area contributed by atoms with Crippen LogP contribution in [0.4, 0.5) is 5.95 Å². The Bertz CT molecular complexity index is 1120. The molecule has 3 heterocycles. The molecule has 9 nitrogen and oxygen atoms in total. The number of benzene rings is 1. The zero-order valence-electron chi connectivity index (χ0n) is 17.9. The number of aromatic nitrogens is 3. The van der Waals surface area contributed by atoms with Crippen LogP contribution < -0.4 is 10.6 Å². The van der Waals surface area contributed by atoms with Gasteiger partial charge in [-0.25, -0.2) is 9.97 Å². The van der Waals surface area contributed by atoms with Crippen LogP contribution in [0.5, 0.6) is 0 Å². The van der Waals surface area contributed by atoms with E-state index in [4.69, 9.17) is 15.5 Å². The molecule has 3 aromatic rings. The van der Waals surface area contributed by atoms with Crippen molar-refractivity contribution in [2.45, 2.75) is 6.10 Å². The monoisotopic (exact) mass is 432 g/mol. The Hall–Kier alpha value is -3.85. The summed E-state index contributed by atoms with van der Waals surface area (Å²) in [7, 11) is 3.72. The van der Waals surface area contributed by atoms with Gasteiger partial charge in [-0.1, -0.05) is 18.2 Å². The summed E-state index contributed by atoms with van der Waals surface area (Å²) in [6, 6.07) is 12.2. The lowest BCUT2D eigenvalue weighted by Crippen LogP contribution is -2.43. The van der Waals surface area contributed by atoms with E-state index >= 15 is 0 Å². The minimum atomic E-state index is -0.490. The molecule has 0 bridgehead atoms. The largest absolute Gasteiger partial charge is 0.368 e. The molecule has 1 fully saturated rings. The van der Waals surface area contributed by atoms with Crippen LogP contribution in [0.15, 0.2) is 54.9 Å². The minimum Gasteiger partial charge on any atom is -0.368 e. The van der Waals surface area contributed by atoms with E-state index in [2.05, 4.69) is 9.97 Å². The average molecular weight is 432 g/mol. The second-order valence-electron chi connectivity index (χ2n) is 7.63. The molecule has 1 unspecified atom stereocenters. The highest BCUT2D eigenvalue weighted by Gasteiger charge is 2.30. The molecule has 9 heteroatoms. The third kappa shape index (κ3) is 4.42. The van der Waals surface area contributed by atoms with Crippen LogP contribution in [-0.2, 0) is 4.74 Å². The Morgan fingerprint density at radius 3 is 2.56 bits per heavy atom. The molecule has 4 rings (SSSR count). The fourth-order valence-corrected chi connectivity index (χ4v) is 3.53. The van der Waals surface area contributed by atoms with E-state index in [0.717, 1.165) is 11.1 Å². The van der Waals surface area contributed by atoms with Gasteiger partial charge in [-0.15, -0.1) is 0 Å². The number of morpholine rings is 1. The van der Waals surface area contributed by atoms with E-state index in [1.807, 2.05) is 19.0 Å². The highest BCUT2D eigenvalue weighted by atomic mass is 16.5. The van der Waals surface area contributed by atoms with Crippen molar-refractivity contribution in [3.8, 4) is 11.1 Å². The first-order valence-electron chi connectivity index (χ1n) is 10.2. The van der Waals surface area contributed by atoms with Crippen molar-refractivity contribution in [2.75, 3.05) is 38.7 Å². The molecule has 1 atom stereocenters. The Kier molecular flexibility index (Phi) is 6.09. The number of ether oxygens (including phenoxy) is 1. The summed E-state index contributed by atoms with van der Waals surface area (Å²) in [5.41, 5.74) is 8.44. The van der Waals surface area contributed by atoms with Crippen molar-refractivity contribution in [3.63, 3.8) is 0 Å². The van der Waals surface area contributed by atoms with Gasteiger partial charge >= 0.3 is 0 Å². The topological polar surface area (TPSA) is 115 Å². The first-order valence-corrected chi connectivity index (χ1v) is 10.2. The molecule has 1 saturated heterocycles. The molecule has 0 radical (unpaired) electrons. The molecule has 0 saturated carbocycles. The molecule has 164 valence electrons. The molecule has 1 aliphatic rings. The summed E-state index contributed by atoms with van der Waals surface area (Å²) < 4.78 is 6.04. The zero-order valence-corrected chi connectivity index (χ0v) is 17.9. The van der Waals surface area contributed by atoms with Crippen LogP contribution in [0, 0.1) is 0 Å². The van der Waals surface area contributed by atoms with E-state index in [9.17, 15) is 9.59 Å². The van der Waals surface area contributed by atoms with Crippen LogP contribution in [0.25, 0.3) is 11.1 Å². The van der Waals surface area contributed by atoms with E-state index in [0.29, 0.717) is 42.6 Å². The minimum absolute atomic E-state index is 0.145. The molecule has 2 amide bonds. The van der Waals surface area contributed by atoms with Crippen molar-refractivity contribution in [3.05, 3.63) is 71.8 Å². The second kappa shape index (κ2) is 9.11. The maximum Gasteiger partial charge on any atom is 0.272 e. The van der Waals surface area contributed by atoms with Crippen molar-refractivity contribution in [1.29, 1.82) is 0 Å². The SMILES string of the molecule is CN(C)c1ncc(-c2ccc(C(N)=O)cc2)c(C2CN(C(=O)c3ccccn3)CCO2)n1. The molecule has 1 aliphatic heterocycles. The summed E-state index contributed by atoms with van der Waals surface area (Å²) >= 11 is 0. The number of primary amides is 1. The molecule has 0 aliphatic carbocycles. The number of carbonyl (C=O) groups is 2. The maximum absolute atomic E-state index is 12.9. The lowest BCUT2D eigenvalue weighted by molar-refractivity contribution is -0.0246. The van der Waals surface area contributed by atoms with Gasteiger partial charge in [-0.05, 0) is 29.8 Å². The lowest BCUT2D eigenvalue weighted by Gasteiger charge is -2.33. The average Bonchev–Trinajstić information content (AvgIpc) is 2.84. The number of carbonyl (C=O) groups excluding carboxylic acids is 2. The Balaban J connectivity index is 1.68. The Morgan fingerprint density at radius 2 is 1.91 bits per heavy atom. The van der Waals surface area contributed by atoms with Gasteiger partial charge in [-0.2, -0.15) is 0 Å². The molecule has 1 aromatic carbocycles. The molecular weight excluding hydrogens is 408 g/mol. The molecule has 0 spiro atoms. The number of anilines is 1. The number of hydrogen-bond acceptors (Lipinski definition) is 7. The molecular formula is C23H24N6O3. The number of nitrogens with zero attached hydrogens (tertiary/aromatic N) is 5. The quantitative estimate of drug-likeness (QED) is 0.655. The van der Waals surface area contributed by atoms with Crippen LogP contribution in [0.2, 0.25) is 0 Å². The van der Waals surface area contributed by atoms with Crippen molar-refractivity contribution in [1.82, 2.24) is 19.9 Å². The predicted molar refractivity (Wildman–Crippen MR) is 119 cm³/mol. The van der Waals surface area contributed by atoms with E-state index in [1.165, 1.54) is 0 Å². The molecule has 2 aromatic heterocycles. The summed E-state index contributed by atoms with van der Waals surface area (Å²) in [5, 5.41) is 0. The summed E-state index contributed by atoms with van der Waals surface area (Å²) in [5.74, 6) is -0.0994. The maximum atomic E-state index is 12.9. The highest BCUT2D eigenvalue weighted by Crippen LogP contribution is 2.32. The van der Waals surface area contributed by atoms with E-state index < -0.39 is 12.0 Å². The zero-order chi connectivity index (χ0) is 22.7. The standard InChI is InChI=1S/C23H24N6O3/c1-28(2)23-26-13-17(15-6-8-16(9-7-15)21(24)30)20(27-23)19-14-29(11-12-32-19)22(31)18-5-3-4-10-25-18/h3-10,13,19H,11-12,14H2,1-2H3,(H2,24,30). The van der Waals surface area contributed by atoms with Crippen molar-refractivity contribution >= 4 is 17.8 Å². The number of pyridine rings is 1. The van der Waals surface area contributed by atoms with Crippen molar-refractivity contribution in [2.24, 2.45) is 5.73 Å². The Morgan fingerprint density at radius 1 is 1.12 bits per heavy atom. The van der Waals surface area contributed by atoms with Crippen LogP contribution in [-0.4, -0.2) is 65.5 Å².